The average Bonchev–Trinajstić information content (AvgIpc) is 3.08. The number of carbonyl (C=O) groups excluding carboxylic acids is 2. The first-order valence-electron chi connectivity index (χ1n) is 10.9. The topological polar surface area (TPSA) is 94.1 Å². The Hall–Kier alpha value is -3.04. The summed E-state index contributed by atoms with van der Waals surface area (Å²) in [5, 5.41) is 1.46. The number of likely N-dealkylation sites (tertiary alicyclic amines) is 1. The number of hydroxylamine groups is 2. The van der Waals surface area contributed by atoms with Crippen molar-refractivity contribution in [2.75, 3.05) is 26.8 Å². The number of rotatable bonds is 7. The predicted molar refractivity (Wildman–Crippen MR) is 114 cm³/mol. The second-order valence-electron chi connectivity index (χ2n) is 8.04. The van der Waals surface area contributed by atoms with Crippen LogP contribution in [0.15, 0.2) is 42.7 Å². The number of methoxy groups -OCH3 is 1. The second kappa shape index (κ2) is 9.62. The monoisotopic (exact) mass is 440 g/mol. The van der Waals surface area contributed by atoms with Crippen molar-refractivity contribution in [3.63, 3.8) is 0 Å². The number of hydrogen-bond acceptors (Lipinski definition) is 8. The zero-order valence-corrected chi connectivity index (χ0v) is 18.4. The summed E-state index contributed by atoms with van der Waals surface area (Å²) in [6.07, 6.45) is 4.72. The molecule has 32 heavy (non-hydrogen) atoms. The van der Waals surface area contributed by atoms with Crippen LogP contribution in [0.1, 0.15) is 31.7 Å². The fourth-order valence-corrected chi connectivity index (χ4v) is 4.63. The number of carbonyl (C=O) groups is 2. The van der Waals surface area contributed by atoms with Crippen LogP contribution in [-0.4, -0.2) is 64.2 Å². The fourth-order valence-electron chi connectivity index (χ4n) is 4.63. The van der Waals surface area contributed by atoms with Gasteiger partial charge in [-0.3, -0.25) is 19.3 Å². The third-order valence-electron chi connectivity index (χ3n) is 6.20. The van der Waals surface area contributed by atoms with Crippen molar-refractivity contribution in [3.05, 3.63) is 48.3 Å². The van der Waals surface area contributed by atoms with E-state index < -0.39 is 11.5 Å². The van der Waals surface area contributed by atoms with Gasteiger partial charge in [0.25, 0.3) is 0 Å². The minimum absolute atomic E-state index is 0.138. The number of piperidine rings is 1. The molecule has 1 amide bonds. The lowest BCUT2D eigenvalue weighted by Crippen LogP contribution is -2.57. The normalized spacial score (nSPS) is 20.5. The Bertz CT molecular complexity index is 929. The van der Waals surface area contributed by atoms with Crippen LogP contribution in [0.25, 0.3) is 0 Å². The first-order chi connectivity index (χ1) is 15.6. The van der Waals surface area contributed by atoms with Gasteiger partial charge in [0.15, 0.2) is 0 Å². The highest BCUT2D eigenvalue weighted by Crippen LogP contribution is 2.44. The van der Waals surface area contributed by atoms with E-state index in [0.29, 0.717) is 31.2 Å². The van der Waals surface area contributed by atoms with E-state index in [2.05, 4.69) is 14.9 Å². The van der Waals surface area contributed by atoms with E-state index in [-0.39, 0.29) is 18.3 Å². The molecule has 9 heteroatoms. The predicted octanol–water partition coefficient (Wildman–Crippen LogP) is 2.58. The van der Waals surface area contributed by atoms with E-state index in [9.17, 15) is 9.59 Å². The molecule has 1 unspecified atom stereocenters. The quantitative estimate of drug-likeness (QED) is 0.607. The van der Waals surface area contributed by atoms with Gasteiger partial charge in [-0.25, -0.2) is 15.0 Å². The molecule has 1 spiro atoms. The van der Waals surface area contributed by atoms with Crippen LogP contribution in [0.5, 0.6) is 11.8 Å². The molecule has 1 atom stereocenters. The number of nitrogens with zero attached hydrogens (tertiary/aromatic N) is 4. The van der Waals surface area contributed by atoms with Gasteiger partial charge in [-0.2, -0.15) is 0 Å². The summed E-state index contributed by atoms with van der Waals surface area (Å²) >= 11 is 0. The first kappa shape index (κ1) is 22.2. The van der Waals surface area contributed by atoms with Crippen LogP contribution in [0.4, 0.5) is 0 Å². The molecule has 170 valence electrons. The molecule has 0 saturated carbocycles. The molecule has 2 fully saturated rings. The zero-order valence-electron chi connectivity index (χ0n) is 18.4. The van der Waals surface area contributed by atoms with Crippen molar-refractivity contribution in [3.8, 4) is 11.8 Å². The fraction of sp³-hybridized carbons (Fsp3) is 0.478. The average molecular weight is 441 g/mol. The highest BCUT2D eigenvalue weighted by atomic mass is 16.7. The van der Waals surface area contributed by atoms with Gasteiger partial charge in [-0.1, -0.05) is 12.1 Å². The van der Waals surface area contributed by atoms with E-state index in [4.69, 9.17) is 14.3 Å². The summed E-state index contributed by atoms with van der Waals surface area (Å²) in [6, 6.07) is 9.89. The lowest BCUT2D eigenvalue weighted by molar-refractivity contribution is -0.221. The van der Waals surface area contributed by atoms with Crippen molar-refractivity contribution < 1.29 is 23.9 Å². The van der Waals surface area contributed by atoms with E-state index in [1.54, 1.807) is 18.5 Å². The Morgan fingerprint density at radius 1 is 1.16 bits per heavy atom. The van der Waals surface area contributed by atoms with Crippen molar-refractivity contribution in [1.82, 2.24) is 19.9 Å². The van der Waals surface area contributed by atoms with Crippen molar-refractivity contribution in [2.24, 2.45) is 5.92 Å². The third kappa shape index (κ3) is 4.44. The van der Waals surface area contributed by atoms with Crippen LogP contribution in [0.3, 0.4) is 0 Å². The van der Waals surface area contributed by atoms with Crippen LogP contribution in [-0.2, 0) is 25.7 Å². The van der Waals surface area contributed by atoms with Crippen molar-refractivity contribution in [2.45, 2.75) is 38.3 Å². The van der Waals surface area contributed by atoms with Gasteiger partial charge in [0.05, 0.1) is 25.2 Å². The number of amides is 1. The smallest absolute Gasteiger partial charge is 0.321 e. The molecule has 2 aliphatic heterocycles. The molecule has 2 aromatic rings. The summed E-state index contributed by atoms with van der Waals surface area (Å²) in [6.45, 7) is 4.50. The van der Waals surface area contributed by atoms with Gasteiger partial charge < -0.3 is 9.47 Å². The lowest BCUT2D eigenvalue weighted by Gasteiger charge is -2.45. The maximum Gasteiger partial charge on any atom is 0.321 e. The molecular formula is C23H28N4O5. The maximum absolute atomic E-state index is 12.6. The molecule has 1 aromatic heterocycles. The van der Waals surface area contributed by atoms with E-state index in [1.807, 2.05) is 31.2 Å². The number of hydrogen-bond donors (Lipinski definition) is 0. The number of esters is 1. The molecule has 2 saturated heterocycles. The molecular weight excluding hydrogens is 412 g/mol. The Morgan fingerprint density at radius 2 is 1.84 bits per heavy atom. The SMILES string of the molecule is CCON1C(=O)CC(C(=O)OC)C12CCN(Cc1ccc(Oc3ncccn3)cc1)CC2. The highest BCUT2D eigenvalue weighted by molar-refractivity contribution is 5.88. The molecule has 0 bridgehead atoms. The molecule has 3 heterocycles. The third-order valence-corrected chi connectivity index (χ3v) is 6.20. The summed E-state index contributed by atoms with van der Waals surface area (Å²) in [5.41, 5.74) is 0.514. The molecule has 4 rings (SSSR count). The Balaban J connectivity index is 1.39. The minimum atomic E-state index is -0.635. The first-order valence-corrected chi connectivity index (χ1v) is 10.9. The molecule has 0 radical (unpaired) electrons. The van der Waals surface area contributed by atoms with Crippen LogP contribution in [0, 0.1) is 5.92 Å². The second-order valence-corrected chi connectivity index (χ2v) is 8.04. The van der Waals surface area contributed by atoms with Crippen LogP contribution < -0.4 is 4.74 Å². The van der Waals surface area contributed by atoms with Gasteiger partial charge >= 0.3 is 12.0 Å². The van der Waals surface area contributed by atoms with Gasteiger partial charge in [-0.05, 0) is 43.5 Å². The van der Waals surface area contributed by atoms with Crippen LogP contribution in [0.2, 0.25) is 0 Å². The minimum Gasteiger partial charge on any atom is -0.469 e. The zero-order chi connectivity index (χ0) is 22.6. The summed E-state index contributed by atoms with van der Waals surface area (Å²) in [4.78, 5) is 41.1. The number of benzene rings is 1. The van der Waals surface area contributed by atoms with E-state index >= 15 is 0 Å². The summed E-state index contributed by atoms with van der Waals surface area (Å²) < 4.78 is 10.7. The maximum atomic E-state index is 12.6. The molecule has 1 aromatic carbocycles. The summed E-state index contributed by atoms with van der Waals surface area (Å²) in [5.74, 6) is -0.304. The molecule has 2 aliphatic rings. The highest BCUT2D eigenvalue weighted by Gasteiger charge is 2.58. The van der Waals surface area contributed by atoms with Crippen molar-refractivity contribution >= 4 is 11.9 Å². The van der Waals surface area contributed by atoms with Gasteiger partial charge in [0.2, 0.25) is 5.91 Å². The standard InChI is InChI=1S/C23H28N4O5/c1-3-31-27-20(28)15-19(21(29)30-2)23(27)9-13-26(14-10-23)16-17-5-7-18(8-6-17)32-22-24-11-4-12-25-22/h4-8,11-12,19H,3,9-10,13-16H2,1-2H3. The Labute approximate surface area is 187 Å². The Morgan fingerprint density at radius 3 is 2.47 bits per heavy atom. The van der Waals surface area contributed by atoms with Crippen LogP contribution >= 0.6 is 0 Å². The van der Waals surface area contributed by atoms with E-state index in [1.165, 1.54) is 12.2 Å². The number of aromatic nitrogens is 2. The van der Waals surface area contributed by atoms with Gasteiger partial charge in [-0.15, -0.1) is 0 Å². The Kier molecular flexibility index (Phi) is 6.66. The largest absolute Gasteiger partial charge is 0.469 e. The summed E-state index contributed by atoms with van der Waals surface area (Å²) in [7, 11) is 1.37. The van der Waals surface area contributed by atoms with Gasteiger partial charge in [0, 0.05) is 38.4 Å². The molecule has 0 aliphatic carbocycles. The van der Waals surface area contributed by atoms with Gasteiger partial charge in [0.1, 0.15) is 5.75 Å². The van der Waals surface area contributed by atoms with E-state index in [0.717, 1.165) is 25.2 Å². The number of ether oxygens (including phenoxy) is 2. The van der Waals surface area contributed by atoms with Crippen molar-refractivity contribution in [1.29, 1.82) is 0 Å². The lowest BCUT2D eigenvalue weighted by atomic mass is 9.77. The molecule has 9 nitrogen and oxygen atoms in total. The molecule has 0 N–H and O–H groups in total.